The third-order valence-electron chi connectivity index (χ3n) is 12.5. The fourth-order valence-electron chi connectivity index (χ4n) is 7.55. The molecule has 10 amide bonds. The summed E-state index contributed by atoms with van der Waals surface area (Å²) in [6.07, 6.45) is 0.0620. The minimum Gasteiger partial charge on any atom is -0.496 e. The van der Waals surface area contributed by atoms with Gasteiger partial charge in [-0.25, -0.2) is 0 Å². The standard InChI is InChI=1S/C55H78N10O13/c1-11-13-28-78-42-24-18-17-22-37(42)47(68)63-45(34(8)66)53(74)59-39(23-19-27-57-54(75)55(76)58-36-25-26-41(77-10)38(30-36)48(69)65-64-46(67)32(5)6)49(70)60-40(29-35-20-15-14-16-21-35)50(71)62-44(33(7)12-2)52(73)61-43(31(3)4)51(72)56-9/h14-18,20-22,24-26,30-34,39-40,43-45,66H,11-13,19,23,27-29H2,1-10H3,(H,56,72)(H,57,75)(H,58,76)(H,59,74)(H,60,70)(H,61,73)(H,62,71)(H,63,68)(H,64,67)(H,65,69)/t33-,34+,39-,40-,43-,44-,45-/m0/s1. The monoisotopic (exact) mass is 1090 g/mol. The van der Waals surface area contributed by atoms with E-state index in [4.69, 9.17) is 9.47 Å². The van der Waals surface area contributed by atoms with Crippen LogP contribution in [0.3, 0.4) is 0 Å². The van der Waals surface area contributed by atoms with E-state index in [0.29, 0.717) is 25.0 Å². The van der Waals surface area contributed by atoms with Crippen molar-refractivity contribution < 1.29 is 62.5 Å². The summed E-state index contributed by atoms with van der Waals surface area (Å²) in [7, 11) is 2.75. The zero-order valence-electron chi connectivity index (χ0n) is 46.1. The number of carbonyl (C=O) groups excluding carboxylic acids is 10. The molecule has 78 heavy (non-hydrogen) atoms. The number of amides is 10. The molecule has 7 atom stereocenters. The highest BCUT2D eigenvalue weighted by Gasteiger charge is 2.36. The zero-order chi connectivity index (χ0) is 58.1. The number of anilines is 1. The predicted octanol–water partition coefficient (Wildman–Crippen LogP) is 1.94. The van der Waals surface area contributed by atoms with Crippen LogP contribution in [-0.2, 0) is 44.8 Å². The molecule has 0 radical (unpaired) electrons. The minimum absolute atomic E-state index is 0.0249. The van der Waals surface area contributed by atoms with E-state index in [1.807, 2.05) is 13.8 Å². The van der Waals surface area contributed by atoms with E-state index in [0.717, 1.165) is 6.42 Å². The molecule has 0 fully saturated rings. The number of para-hydroxylation sites is 1. The molecule has 0 aliphatic heterocycles. The molecule has 0 aliphatic rings. The number of hydrogen-bond donors (Lipinski definition) is 11. The molecule has 0 aliphatic carbocycles. The van der Waals surface area contributed by atoms with Gasteiger partial charge in [-0.05, 0) is 73.9 Å². The fourth-order valence-corrected chi connectivity index (χ4v) is 7.55. The first-order valence-electron chi connectivity index (χ1n) is 26.1. The van der Waals surface area contributed by atoms with Crippen LogP contribution < -0.4 is 62.9 Å². The number of methoxy groups -OCH3 is 1. The molecular weight excluding hydrogens is 1010 g/mol. The maximum atomic E-state index is 14.6. The van der Waals surface area contributed by atoms with Crippen molar-refractivity contribution in [3.05, 3.63) is 89.5 Å². The topological polar surface area (TPSA) is 330 Å². The Hall–Kier alpha value is -8.08. The van der Waals surface area contributed by atoms with Gasteiger partial charge in [-0.15, -0.1) is 0 Å². The molecule has 23 heteroatoms. The van der Waals surface area contributed by atoms with E-state index in [1.165, 1.54) is 45.3 Å². The highest BCUT2D eigenvalue weighted by molar-refractivity contribution is 6.39. The quantitative estimate of drug-likeness (QED) is 0.0269. The smallest absolute Gasteiger partial charge is 0.313 e. The molecule has 0 aromatic heterocycles. The average molecular weight is 1090 g/mol. The van der Waals surface area contributed by atoms with Crippen LogP contribution in [0.2, 0.25) is 0 Å². The number of hydrogen-bond acceptors (Lipinski definition) is 13. The van der Waals surface area contributed by atoms with Crippen molar-refractivity contribution in [2.75, 3.05) is 32.6 Å². The van der Waals surface area contributed by atoms with Crippen LogP contribution in [0.4, 0.5) is 5.69 Å². The van der Waals surface area contributed by atoms with Crippen molar-refractivity contribution in [3.8, 4) is 11.5 Å². The van der Waals surface area contributed by atoms with Crippen LogP contribution in [0.15, 0.2) is 72.8 Å². The highest BCUT2D eigenvalue weighted by Crippen LogP contribution is 2.23. The molecule has 3 aromatic carbocycles. The van der Waals surface area contributed by atoms with Crippen LogP contribution in [0.5, 0.6) is 11.5 Å². The summed E-state index contributed by atoms with van der Waals surface area (Å²) in [5, 5.41) is 31.7. The maximum Gasteiger partial charge on any atom is 0.313 e. The molecular formula is C55H78N10O13. The van der Waals surface area contributed by atoms with Crippen molar-refractivity contribution in [1.29, 1.82) is 0 Å². The SMILES string of the molecule is CCCCOc1ccccc1C(=O)N[C@H](C(=O)N[C@@H](CCCNC(=O)C(=O)Nc1ccc(OC)c(C(=O)NNC(=O)C(C)C)c1)C(=O)N[C@@H](Cc1ccccc1)C(=O)N[C@H](C(=O)N[C@H](C(=O)NC)C(C)C)[C@@H](C)CC)[C@@H](C)O. The Kier molecular flexibility index (Phi) is 26.7. The van der Waals surface area contributed by atoms with Crippen LogP contribution in [0, 0.1) is 17.8 Å². The number of rotatable bonds is 29. The predicted molar refractivity (Wildman–Crippen MR) is 290 cm³/mol. The lowest BCUT2D eigenvalue weighted by atomic mass is 9.95. The van der Waals surface area contributed by atoms with E-state index in [9.17, 15) is 53.1 Å². The summed E-state index contributed by atoms with van der Waals surface area (Å²) in [4.78, 5) is 135. The lowest BCUT2D eigenvalue weighted by molar-refractivity contribution is -0.136. The fraction of sp³-hybridized carbons (Fsp3) is 0.491. The number of hydrazine groups is 1. The van der Waals surface area contributed by atoms with Gasteiger partial charge in [0.05, 0.1) is 30.9 Å². The van der Waals surface area contributed by atoms with Crippen LogP contribution in [0.25, 0.3) is 0 Å². The molecule has 11 N–H and O–H groups in total. The van der Waals surface area contributed by atoms with Crippen LogP contribution >= 0.6 is 0 Å². The van der Waals surface area contributed by atoms with Gasteiger partial charge in [0.25, 0.3) is 11.8 Å². The largest absolute Gasteiger partial charge is 0.496 e. The lowest BCUT2D eigenvalue weighted by Crippen LogP contribution is -2.61. The van der Waals surface area contributed by atoms with Crippen molar-refractivity contribution in [2.24, 2.45) is 17.8 Å². The maximum absolute atomic E-state index is 14.6. The van der Waals surface area contributed by atoms with Gasteiger partial charge in [0.15, 0.2) is 0 Å². The summed E-state index contributed by atoms with van der Waals surface area (Å²) < 4.78 is 11.1. The highest BCUT2D eigenvalue weighted by atomic mass is 16.5. The van der Waals surface area contributed by atoms with Crippen LogP contribution in [0.1, 0.15) is 114 Å². The van der Waals surface area contributed by atoms with Crippen molar-refractivity contribution >= 4 is 64.8 Å². The van der Waals surface area contributed by atoms with Gasteiger partial charge in [0.1, 0.15) is 41.7 Å². The van der Waals surface area contributed by atoms with Gasteiger partial charge in [0.2, 0.25) is 35.4 Å². The Labute approximate surface area is 455 Å². The van der Waals surface area contributed by atoms with Gasteiger partial charge < -0.3 is 57.1 Å². The Morgan fingerprint density at radius 3 is 1.83 bits per heavy atom. The van der Waals surface area contributed by atoms with E-state index >= 15 is 0 Å². The first-order valence-corrected chi connectivity index (χ1v) is 26.1. The van der Waals surface area contributed by atoms with Gasteiger partial charge in [-0.2, -0.15) is 0 Å². The van der Waals surface area contributed by atoms with E-state index in [-0.39, 0.29) is 60.0 Å². The number of ether oxygens (including phenoxy) is 2. The molecule has 0 spiro atoms. The summed E-state index contributed by atoms with van der Waals surface area (Å²) in [5.41, 5.74) is 5.19. The average Bonchev–Trinajstić information content (AvgIpc) is 3.42. The number of nitrogens with one attached hydrogen (secondary N) is 10. The van der Waals surface area contributed by atoms with E-state index < -0.39 is 107 Å². The Balaban J connectivity index is 1.93. The number of unbranched alkanes of at least 4 members (excludes halogenated alkanes) is 1. The normalized spacial score (nSPS) is 13.6. The third-order valence-corrected chi connectivity index (χ3v) is 12.5. The first-order chi connectivity index (χ1) is 37.1. The second-order valence-electron chi connectivity index (χ2n) is 19.3. The van der Waals surface area contributed by atoms with Crippen molar-refractivity contribution in [3.63, 3.8) is 0 Å². The van der Waals surface area contributed by atoms with Crippen molar-refractivity contribution in [1.82, 2.24) is 48.1 Å². The second-order valence-corrected chi connectivity index (χ2v) is 19.3. The van der Waals surface area contributed by atoms with Crippen LogP contribution in [-0.4, -0.2) is 128 Å². The summed E-state index contributed by atoms with van der Waals surface area (Å²) >= 11 is 0. The summed E-state index contributed by atoms with van der Waals surface area (Å²) in [5.74, 6) is -8.81. The molecule has 0 bridgehead atoms. The van der Waals surface area contributed by atoms with Gasteiger partial charge in [-0.1, -0.05) is 104 Å². The lowest BCUT2D eigenvalue weighted by Gasteiger charge is -2.30. The number of aliphatic hydroxyl groups is 1. The third kappa shape index (κ3) is 20.1. The number of likely N-dealkylation sites (N-methyl/N-ethyl adjacent to an activating group) is 1. The van der Waals surface area contributed by atoms with Crippen molar-refractivity contribution in [2.45, 2.75) is 130 Å². The minimum atomic E-state index is -1.63. The Bertz CT molecular complexity index is 2540. The van der Waals surface area contributed by atoms with E-state index in [1.54, 1.807) is 83.1 Å². The van der Waals surface area contributed by atoms with Gasteiger partial charge in [-0.3, -0.25) is 58.8 Å². The molecule has 0 saturated carbocycles. The Morgan fingerprint density at radius 1 is 0.590 bits per heavy atom. The second kappa shape index (κ2) is 32.5. The number of aliphatic hydroxyl groups excluding tert-OH is 1. The molecule has 23 nitrogen and oxygen atoms in total. The van der Waals surface area contributed by atoms with E-state index in [2.05, 4.69) is 53.4 Å². The molecule has 0 unspecified atom stereocenters. The number of benzene rings is 3. The molecule has 0 heterocycles. The summed E-state index contributed by atoms with van der Waals surface area (Å²) in [6.45, 7) is 13.7. The molecule has 3 rings (SSSR count). The molecule has 0 saturated heterocycles. The Morgan fingerprint density at radius 2 is 1.22 bits per heavy atom. The first kappa shape index (κ1) is 64.2. The zero-order valence-corrected chi connectivity index (χ0v) is 46.1. The molecule has 426 valence electrons. The molecule has 3 aromatic rings. The summed E-state index contributed by atoms with van der Waals surface area (Å²) in [6, 6.07) is 12.4. The van der Waals surface area contributed by atoms with Gasteiger partial charge >= 0.3 is 11.8 Å². The number of carbonyl (C=O) groups is 10. The van der Waals surface area contributed by atoms with Gasteiger partial charge in [0, 0.05) is 31.6 Å².